The smallest absolute Gasteiger partial charge is 0.423 e. The minimum Gasteiger partial charge on any atom is -0.423 e. The van der Waals surface area contributed by atoms with Crippen LogP contribution in [-0.2, 0) is 10.8 Å². The number of H-pyrrole nitrogens is 1. The van der Waals surface area contributed by atoms with Crippen LogP contribution in [0.4, 0.5) is 28.7 Å². The number of aromatic nitrogens is 10. The van der Waals surface area contributed by atoms with Gasteiger partial charge in [0.2, 0.25) is 22.5 Å². The van der Waals surface area contributed by atoms with Crippen LogP contribution in [0.5, 0.6) is 0 Å². The highest BCUT2D eigenvalue weighted by atomic mass is 127. The molecule has 0 aliphatic carbocycles. The molecule has 0 saturated heterocycles. The Morgan fingerprint density at radius 1 is 0.264 bits per heavy atom. The van der Waals surface area contributed by atoms with Crippen molar-refractivity contribution >= 4 is 260 Å². The summed E-state index contributed by atoms with van der Waals surface area (Å²) in [5.74, 6) is 1.21. The summed E-state index contributed by atoms with van der Waals surface area (Å²) in [6, 6.07) is 152. The van der Waals surface area contributed by atoms with Gasteiger partial charge in [0.25, 0.3) is 0 Å². The summed E-state index contributed by atoms with van der Waals surface area (Å²) in [6.45, 7) is 9.30. The molecule has 4 N–H and O–H groups in total. The molecule has 0 atom stereocenters. The van der Waals surface area contributed by atoms with Crippen LogP contribution >= 0.6 is 45.8 Å². The van der Waals surface area contributed by atoms with Crippen LogP contribution in [0.2, 0.25) is 10.6 Å². The minimum absolute atomic E-state index is 0.0102. The first-order chi connectivity index (χ1) is 72.5. The van der Waals surface area contributed by atoms with E-state index in [2.05, 4.69) is 424 Å². The largest absolute Gasteiger partial charge is 0.489 e. The van der Waals surface area contributed by atoms with E-state index in [1.165, 1.54) is 109 Å². The topological polar surface area (TPSA) is 180 Å². The highest BCUT2D eigenvalue weighted by molar-refractivity contribution is 14.1. The maximum absolute atomic E-state index is 9.44. The van der Waals surface area contributed by atoms with Gasteiger partial charge in [0.15, 0.2) is 0 Å². The van der Waals surface area contributed by atoms with E-state index in [0.717, 1.165) is 147 Å². The van der Waals surface area contributed by atoms with Gasteiger partial charge in [-0.2, -0.15) is 0 Å². The van der Waals surface area contributed by atoms with Gasteiger partial charge < -0.3 is 20.3 Å². The van der Waals surface area contributed by atoms with Gasteiger partial charge in [-0.1, -0.05) is 373 Å². The van der Waals surface area contributed by atoms with Crippen molar-refractivity contribution in [3.63, 3.8) is 0 Å². The molecule has 28 aromatic rings. The van der Waals surface area contributed by atoms with Gasteiger partial charge in [-0.3, -0.25) is 9.47 Å². The number of hydrogen-bond acceptors (Lipinski definition) is 12. The van der Waals surface area contributed by atoms with E-state index in [4.69, 9.17) is 43.1 Å². The molecule has 0 unspecified atom stereocenters. The van der Waals surface area contributed by atoms with E-state index in [9.17, 15) is 10.0 Å². The first-order valence-corrected chi connectivity index (χ1v) is 51.2. The van der Waals surface area contributed by atoms with Gasteiger partial charge in [0, 0.05) is 93.0 Å². The number of nitrogens with one attached hydrogen (secondary N) is 2. The Morgan fingerprint density at radius 3 is 1.18 bits per heavy atom. The maximum atomic E-state index is 9.44. The molecule has 2 aliphatic rings. The number of fused-ring (bicyclic) bond motifs is 26. The van der Waals surface area contributed by atoms with E-state index >= 15 is 0 Å². The number of rotatable bonds is 6. The van der Waals surface area contributed by atoms with Gasteiger partial charge in [0.05, 0.1) is 61.6 Å². The zero-order valence-corrected chi connectivity index (χ0v) is 84.3. The molecule has 18 heteroatoms. The van der Waals surface area contributed by atoms with Crippen LogP contribution in [0.25, 0.3) is 213 Å². The van der Waals surface area contributed by atoms with E-state index in [0.29, 0.717) is 22.6 Å². The number of nitrogens with zero attached hydrogens (tertiary/aromatic N) is 10. The van der Waals surface area contributed by atoms with Crippen molar-refractivity contribution in [3.05, 3.63) is 473 Å². The summed E-state index contributed by atoms with van der Waals surface area (Å²) in [7, 11) is -1.44. The molecule has 704 valence electrons. The normalized spacial score (nSPS) is 12.8. The molecule has 30 rings (SSSR count). The monoisotopic (exact) mass is 2060 g/mol. The summed E-state index contributed by atoms with van der Waals surface area (Å²) in [4.78, 5) is 45.2. The van der Waals surface area contributed by atoms with Gasteiger partial charge in [-0.05, 0) is 251 Å². The number of anilines is 5. The Morgan fingerprint density at radius 2 is 0.642 bits per heavy atom. The molecular weight excluding hydrogens is 1970 g/mol. The lowest BCUT2D eigenvalue weighted by Crippen LogP contribution is -2.31. The summed E-state index contributed by atoms with van der Waals surface area (Å²) < 4.78 is 3.16. The standard InChI is InChI=1S/C65H42N6.C22H13ClN2.C21H18N2.C14H11BO2.C8H4ClIN2/c1-65(2)53-30-14-18-34-58(53)71(64-67-56-32-16-12-29-49(56)62(69-64)52-36-40-20-4-6-22-42(40)44-24-8-10-26-46(44)52)60-38-59-50(37-54(60)65)47-27-13-17-33-57(47)70(59)63-66-55-31-15-11-28-48(55)61(68-63)51-35-39-19-3-5-21-41(39)43-23-7-9-25-45(43)51;23-22-24-20-12-6-5-11-18(20)21(25-22)19-13-14-7-1-2-8-15(14)16-9-3-4-10-17(16)19;1-21(2)15-8-4-6-10-18(15)23-20-12-19-14(11-16(20)21)13-7-3-5-9-17(13)22-19;16-15(17)14-9-10-5-1-2-6-11(10)12-7-3-4-8-13(12)14;9-8-11-6-4-2-1-3-5(6)7(10)12-8/h3-38H,1-2H3;1-13H;3-12,22-23H,1-2H3;1-9,16-17H;1-4H. The summed E-state index contributed by atoms with van der Waals surface area (Å²) in [6.07, 6.45) is 0. The van der Waals surface area contributed by atoms with Crippen molar-refractivity contribution < 1.29 is 10.0 Å². The van der Waals surface area contributed by atoms with E-state index in [1.54, 1.807) is 0 Å². The molecule has 0 spiro atoms. The third-order valence-corrected chi connectivity index (χ3v) is 30.7. The average Bonchev–Trinajstić information content (AvgIpc) is 1.41. The lowest BCUT2D eigenvalue weighted by molar-refractivity contribution is 0.426. The van der Waals surface area contributed by atoms with Crippen molar-refractivity contribution in [2.24, 2.45) is 0 Å². The molecule has 0 amide bonds. The summed E-state index contributed by atoms with van der Waals surface area (Å²) in [5.41, 5.74) is 23.5. The Balaban J connectivity index is 0.000000115. The highest BCUT2D eigenvalue weighted by Crippen LogP contribution is 2.56. The molecule has 6 aromatic heterocycles. The second-order valence-electron chi connectivity index (χ2n) is 38.7. The van der Waals surface area contributed by atoms with Crippen molar-refractivity contribution in [2.45, 2.75) is 38.5 Å². The second kappa shape index (κ2) is 36.8. The molecule has 0 fully saturated rings. The van der Waals surface area contributed by atoms with Crippen LogP contribution in [0.1, 0.15) is 49.9 Å². The Hall–Kier alpha value is -17.2. The Bertz CT molecular complexity index is 10300. The first-order valence-electron chi connectivity index (χ1n) is 49.4. The molecular formula is C130H88BCl2IN12O2. The number of aromatic amines is 1. The molecule has 0 radical (unpaired) electrons. The minimum atomic E-state index is -1.44. The molecule has 0 saturated carbocycles. The maximum Gasteiger partial charge on any atom is 0.489 e. The number of halogens is 3. The Labute approximate surface area is 874 Å². The fourth-order valence-electron chi connectivity index (χ4n) is 22.6. The van der Waals surface area contributed by atoms with Crippen LogP contribution in [0.15, 0.2) is 437 Å². The zero-order valence-electron chi connectivity index (χ0n) is 80.6. The molecule has 14 nitrogen and oxygen atoms in total. The Kier molecular flexibility index (Phi) is 22.6. The molecule has 2 aliphatic heterocycles. The van der Waals surface area contributed by atoms with Gasteiger partial charge in [-0.25, -0.2) is 39.9 Å². The third kappa shape index (κ3) is 15.6. The highest BCUT2D eigenvalue weighted by Gasteiger charge is 2.40. The summed E-state index contributed by atoms with van der Waals surface area (Å²) >= 11 is 14.1. The molecule has 148 heavy (non-hydrogen) atoms. The van der Waals surface area contributed by atoms with Crippen molar-refractivity contribution in [1.29, 1.82) is 0 Å². The van der Waals surface area contributed by atoms with Crippen molar-refractivity contribution in [1.82, 2.24) is 49.4 Å². The van der Waals surface area contributed by atoms with Gasteiger partial charge >= 0.3 is 7.12 Å². The van der Waals surface area contributed by atoms with Crippen LogP contribution < -0.4 is 15.7 Å². The van der Waals surface area contributed by atoms with Crippen molar-refractivity contribution in [2.75, 3.05) is 10.2 Å². The molecule has 8 heterocycles. The predicted octanol–water partition coefficient (Wildman–Crippen LogP) is 33.2. The van der Waals surface area contributed by atoms with Crippen molar-refractivity contribution in [3.8, 4) is 39.7 Å². The van der Waals surface area contributed by atoms with E-state index < -0.39 is 7.12 Å². The van der Waals surface area contributed by atoms with E-state index in [1.807, 2.05) is 103 Å². The molecule has 22 aromatic carbocycles. The number of para-hydroxylation sites is 8. The lowest BCUT2D eigenvalue weighted by atomic mass is 9.73. The van der Waals surface area contributed by atoms with E-state index in [-0.39, 0.29) is 16.1 Å². The fourth-order valence-corrected chi connectivity index (χ4v) is 23.8. The number of hydrogen-bond donors (Lipinski definition) is 4. The predicted molar refractivity (Wildman–Crippen MR) is 626 cm³/mol. The average molecular weight is 2060 g/mol. The third-order valence-electron chi connectivity index (χ3n) is 29.5. The van der Waals surface area contributed by atoms with Gasteiger partial charge in [-0.15, -0.1) is 0 Å². The summed E-state index contributed by atoms with van der Waals surface area (Å²) in [5, 5.41) is 50.4. The van der Waals surface area contributed by atoms with Crippen LogP contribution in [0, 0.1) is 3.70 Å². The molecule has 0 bridgehead atoms. The second-order valence-corrected chi connectivity index (χ2v) is 40.4. The van der Waals surface area contributed by atoms with Gasteiger partial charge in [0.1, 0.15) is 3.70 Å². The van der Waals surface area contributed by atoms with Crippen LogP contribution in [-0.4, -0.2) is 66.6 Å². The first kappa shape index (κ1) is 90.8. The SMILES string of the molecule is CC1(C)c2ccccc2N(c2nc(-c3cc4ccccc4c4ccccc34)c3ccccc3n2)c2cc3c(cc21)c1ccccc1n3-c1nc(-c2cc3ccccc3c3ccccc23)c2ccccc2n1.CC1(C)c2ccccc2Nc2cc3[nH]c4ccccc4c3cc21.Clc1nc(-c2cc3ccccc3c3ccccc23)c2ccccc2n1.Clc1nc(I)c2ccccc2n1.OB(O)c1cc2ccccc2c2ccccc12. The quantitative estimate of drug-likeness (QED) is 0.0408. The fraction of sp³-hybridized carbons (Fsp3) is 0.0462. The lowest BCUT2D eigenvalue weighted by Gasteiger charge is -2.41. The number of benzene rings is 22. The van der Waals surface area contributed by atoms with Crippen LogP contribution in [0.3, 0.4) is 0 Å². The zero-order chi connectivity index (χ0) is 99.7.